The van der Waals surface area contributed by atoms with Gasteiger partial charge in [0.05, 0.1) is 5.56 Å². The Bertz CT molecular complexity index is 1190. The van der Waals surface area contributed by atoms with Crippen molar-refractivity contribution < 1.29 is 22.8 Å². The van der Waals surface area contributed by atoms with E-state index in [0.717, 1.165) is 10.0 Å². The normalized spacial score (nSPS) is 15.7. The minimum atomic E-state index is -4.15. The van der Waals surface area contributed by atoms with Crippen molar-refractivity contribution in [3.63, 3.8) is 0 Å². The molecule has 0 bridgehead atoms. The molecule has 2 aromatic carbocycles. The molecule has 3 amide bonds. The third kappa shape index (κ3) is 5.44. The molecule has 1 N–H and O–H groups in total. The summed E-state index contributed by atoms with van der Waals surface area (Å²) in [7, 11) is -4.15. The van der Waals surface area contributed by atoms with Crippen molar-refractivity contribution in [1.82, 2.24) is 14.5 Å². The summed E-state index contributed by atoms with van der Waals surface area (Å²) in [6.07, 6.45) is 0. The Morgan fingerprint density at radius 1 is 1.09 bits per heavy atom. The smallest absolute Gasteiger partial charge is 0.269 e. The fraction of sp³-hybridized carbons (Fsp3) is 0.348. The van der Waals surface area contributed by atoms with E-state index in [2.05, 4.69) is 21.2 Å². The number of hydrogen-bond donors (Lipinski definition) is 1. The molecule has 0 saturated carbocycles. The fourth-order valence-electron chi connectivity index (χ4n) is 3.44. The third-order valence-electron chi connectivity index (χ3n) is 5.12. The topological polar surface area (TPSA) is 104 Å². The second-order valence-corrected chi connectivity index (χ2v) is 11.6. The van der Waals surface area contributed by atoms with Gasteiger partial charge in [0.15, 0.2) is 0 Å². The summed E-state index contributed by atoms with van der Waals surface area (Å²) in [4.78, 5) is 40.1. The van der Waals surface area contributed by atoms with Gasteiger partial charge in [-0.1, -0.05) is 40.2 Å². The lowest BCUT2D eigenvalue weighted by atomic mass is 10.1. The highest BCUT2D eigenvalue weighted by Crippen LogP contribution is 2.30. The second kappa shape index (κ2) is 9.26. The molecule has 8 nitrogen and oxygen atoms in total. The molecule has 1 unspecified atom stereocenters. The molecule has 10 heteroatoms. The van der Waals surface area contributed by atoms with E-state index in [1.54, 1.807) is 25.1 Å². The monoisotopic (exact) mass is 535 g/mol. The van der Waals surface area contributed by atoms with Crippen molar-refractivity contribution in [3.05, 3.63) is 64.1 Å². The SMILES string of the molecule is CC(C(=O)NC(C)(C)C)N(Cc1ccc(Br)cc1)C(=O)CN1C(=O)c2ccccc2S1(=O)=O. The second-order valence-electron chi connectivity index (χ2n) is 8.88. The summed E-state index contributed by atoms with van der Waals surface area (Å²) < 4.78 is 27.2. The lowest BCUT2D eigenvalue weighted by Crippen LogP contribution is -2.54. The van der Waals surface area contributed by atoms with E-state index in [1.165, 1.54) is 23.1 Å². The Labute approximate surface area is 202 Å². The van der Waals surface area contributed by atoms with Crippen molar-refractivity contribution >= 4 is 43.7 Å². The van der Waals surface area contributed by atoms with Crippen LogP contribution < -0.4 is 5.32 Å². The number of benzene rings is 2. The van der Waals surface area contributed by atoms with Crippen LogP contribution in [0.1, 0.15) is 43.6 Å². The van der Waals surface area contributed by atoms with Crippen molar-refractivity contribution in [2.45, 2.75) is 50.7 Å². The zero-order valence-electron chi connectivity index (χ0n) is 18.8. The number of amides is 3. The van der Waals surface area contributed by atoms with E-state index < -0.39 is 40.0 Å². The largest absolute Gasteiger partial charge is 0.350 e. The number of carbonyl (C=O) groups is 3. The first-order valence-electron chi connectivity index (χ1n) is 10.3. The zero-order valence-corrected chi connectivity index (χ0v) is 21.2. The Hall–Kier alpha value is -2.72. The lowest BCUT2D eigenvalue weighted by molar-refractivity contribution is -0.141. The van der Waals surface area contributed by atoms with E-state index in [9.17, 15) is 22.8 Å². The molecule has 176 valence electrons. The molecule has 1 aliphatic rings. The highest BCUT2D eigenvalue weighted by Gasteiger charge is 2.43. The van der Waals surface area contributed by atoms with E-state index in [1.807, 2.05) is 32.9 Å². The molecule has 33 heavy (non-hydrogen) atoms. The number of halogens is 1. The van der Waals surface area contributed by atoms with Crippen LogP contribution in [-0.4, -0.2) is 53.5 Å². The van der Waals surface area contributed by atoms with Gasteiger partial charge in [0, 0.05) is 16.6 Å². The molecule has 3 rings (SSSR count). The summed E-state index contributed by atoms with van der Waals surface area (Å²) in [5.74, 6) is -1.79. The van der Waals surface area contributed by atoms with Crippen LogP contribution in [0.15, 0.2) is 57.9 Å². The van der Waals surface area contributed by atoms with Gasteiger partial charge in [0.1, 0.15) is 17.5 Å². The molecule has 1 aliphatic heterocycles. The van der Waals surface area contributed by atoms with E-state index in [4.69, 9.17) is 0 Å². The molecule has 0 radical (unpaired) electrons. The van der Waals surface area contributed by atoms with Crippen LogP contribution in [0, 0.1) is 0 Å². The molecular formula is C23H26BrN3O5S. The highest BCUT2D eigenvalue weighted by molar-refractivity contribution is 9.10. The molecule has 0 aliphatic carbocycles. The molecular weight excluding hydrogens is 510 g/mol. The first kappa shape index (κ1) is 24.9. The quantitative estimate of drug-likeness (QED) is 0.612. The van der Waals surface area contributed by atoms with Crippen LogP contribution in [0.25, 0.3) is 0 Å². The maximum absolute atomic E-state index is 13.3. The molecule has 1 atom stereocenters. The Morgan fingerprint density at radius 3 is 2.27 bits per heavy atom. The van der Waals surface area contributed by atoms with E-state index in [-0.39, 0.29) is 22.9 Å². The first-order chi connectivity index (χ1) is 15.3. The van der Waals surface area contributed by atoms with Gasteiger partial charge in [0.25, 0.3) is 15.9 Å². The van der Waals surface area contributed by atoms with Gasteiger partial charge in [-0.25, -0.2) is 12.7 Å². The standard InChI is InChI=1S/C23H26BrN3O5S/c1-15(21(29)25-23(2,3)4)26(13-16-9-11-17(24)12-10-16)20(28)14-27-22(30)18-7-5-6-8-19(18)33(27,31)32/h5-12,15H,13-14H2,1-4H3,(H,25,29). The van der Waals surface area contributed by atoms with Gasteiger partial charge in [-0.2, -0.15) is 0 Å². The average molecular weight is 536 g/mol. The predicted molar refractivity (Wildman–Crippen MR) is 127 cm³/mol. The van der Waals surface area contributed by atoms with Gasteiger partial charge >= 0.3 is 0 Å². The lowest BCUT2D eigenvalue weighted by Gasteiger charge is -2.32. The number of nitrogens with one attached hydrogen (secondary N) is 1. The average Bonchev–Trinajstić information content (AvgIpc) is 2.92. The van der Waals surface area contributed by atoms with Crippen LogP contribution in [0.3, 0.4) is 0 Å². The van der Waals surface area contributed by atoms with Crippen molar-refractivity contribution in [2.24, 2.45) is 0 Å². The molecule has 0 aromatic heterocycles. The zero-order chi connectivity index (χ0) is 24.6. The van der Waals surface area contributed by atoms with E-state index in [0.29, 0.717) is 4.31 Å². The summed E-state index contributed by atoms with van der Waals surface area (Å²) in [6, 6.07) is 12.2. The van der Waals surface area contributed by atoms with Crippen LogP contribution in [0.4, 0.5) is 0 Å². The van der Waals surface area contributed by atoms with Gasteiger partial charge in [-0.05, 0) is 57.5 Å². The van der Waals surface area contributed by atoms with Gasteiger partial charge in [-0.3, -0.25) is 14.4 Å². The maximum atomic E-state index is 13.3. The van der Waals surface area contributed by atoms with Crippen molar-refractivity contribution in [1.29, 1.82) is 0 Å². The first-order valence-corrected chi connectivity index (χ1v) is 12.6. The Morgan fingerprint density at radius 2 is 1.70 bits per heavy atom. The highest BCUT2D eigenvalue weighted by atomic mass is 79.9. The summed E-state index contributed by atoms with van der Waals surface area (Å²) in [5.41, 5.74) is 0.261. The molecule has 0 spiro atoms. The van der Waals surface area contributed by atoms with Gasteiger partial charge in [-0.15, -0.1) is 0 Å². The molecule has 1 heterocycles. The Balaban J connectivity index is 1.89. The summed E-state index contributed by atoms with van der Waals surface area (Å²) in [6.45, 7) is 6.42. The number of fused-ring (bicyclic) bond motifs is 1. The number of nitrogens with zero attached hydrogens (tertiary/aromatic N) is 2. The molecule has 2 aromatic rings. The van der Waals surface area contributed by atoms with Gasteiger partial charge < -0.3 is 10.2 Å². The van der Waals surface area contributed by atoms with Crippen molar-refractivity contribution in [2.75, 3.05) is 6.54 Å². The third-order valence-corrected chi connectivity index (χ3v) is 7.44. The van der Waals surface area contributed by atoms with Gasteiger partial charge in [0.2, 0.25) is 11.8 Å². The van der Waals surface area contributed by atoms with Crippen molar-refractivity contribution in [3.8, 4) is 0 Å². The Kier molecular flexibility index (Phi) is 6.99. The number of sulfonamides is 1. The van der Waals surface area contributed by atoms with Crippen LogP contribution in [0.2, 0.25) is 0 Å². The minimum absolute atomic E-state index is 0.0308. The maximum Gasteiger partial charge on any atom is 0.269 e. The predicted octanol–water partition coefficient (Wildman–Crippen LogP) is 2.93. The summed E-state index contributed by atoms with van der Waals surface area (Å²) >= 11 is 3.36. The van der Waals surface area contributed by atoms with Crippen LogP contribution in [0.5, 0.6) is 0 Å². The number of hydrogen-bond acceptors (Lipinski definition) is 5. The number of rotatable bonds is 6. The minimum Gasteiger partial charge on any atom is -0.350 e. The van der Waals surface area contributed by atoms with Crippen LogP contribution >= 0.6 is 15.9 Å². The number of carbonyl (C=O) groups excluding carboxylic acids is 3. The van der Waals surface area contributed by atoms with E-state index >= 15 is 0 Å². The fourth-order valence-corrected chi connectivity index (χ4v) is 5.23. The molecule has 0 saturated heterocycles. The molecule has 0 fully saturated rings. The van der Waals surface area contributed by atoms with Crippen LogP contribution in [-0.2, 0) is 26.2 Å². The summed E-state index contributed by atoms with van der Waals surface area (Å²) in [5, 5.41) is 2.84.